The molecule has 20 heavy (non-hydrogen) atoms. The molecule has 2 N–H and O–H groups in total. The van der Waals surface area contributed by atoms with Crippen molar-refractivity contribution in [3.8, 4) is 5.75 Å². The molecule has 1 saturated carbocycles. The Balaban J connectivity index is 1.85. The first kappa shape index (κ1) is 14.4. The molecule has 0 saturated heterocycles. The van der Waals surface area contributed by atoms with Crippen LogP contribution in [0.4, 0.5) is 0 Å². The lowest BCUT2D eigenvalue weighted by atomic mass is 10.1. The molecule has 0 bridgehead atoms. The van der Waals surface area contributed by atoms with Crippen LogP contribution < -0.4 is 10.1 Å². The number of carboxylic acid groups (broad SMARTS) is 1. The Morgan fingerprint density at radius 3 is 2.60 bits per heavy atom. The summed E-state index contributed by atoms with van der Waals surface area (Å²) < 4.78 is 5.38. The standard InChI is InChI=1S/C15H19NO4/c1-9-3-6-12(7-10(9)2)20-8-13(17)16-14(15(18)19)11-4-5-11/h3,6-7,11,14H,4-5,8H2,1-2H3,(H,16,17)(H,18,19). The minimum absolute atomic E-state index is 0.0677. The summed E-state index contributed by atoms with van der Waals surface area (Å²) in [6.07, 6.45) is 1.71. The zero-order chi connectivity index (χ0) is 14.7. The molecule has 108 valence electrons. The zero-order valence-electron chi connectivity index (χ0n) is 11.7. The van der Waals surface area contributed by atoms with Crippen LogP contribution in [0.25, 0.3) is 0 Å². The van der Waals surface area contributed by atoms with Crippen LogP contribution in [0, 0.1) is 19.8 Å². The number of aliphatic carboxylic acids is 1. The first-order chi connectivity index (χ1) is 9.47. The summed E-state index contributed by atoms with van der Waals surface area (Å²) >= 11 is 0. The van der Waals surface area contributed by atoms with Gasteiger partial charge in [0.15, 0.2) is 6.61 Å². The van der Waals surface area contributed by atoms with E-state index in [2.05, 4.69) is 5.32 Å². The fourth-order valence-electron chi connectivity index (χ4n) is 1.98. The molecule has 1 aromatic rings. The van der Waals surface area contributed by atoms with Crippen molar-refractivity contribution in [1.29, 1.82) is 0 Å². The van der Waals surface area contributed by atoms with Gasteiger partial charge >= 0.3 is 5.97 Å². The van der Waals surface area contributed by atoms with Gasteiger partial charge in [-0.25, -0.2) is 4.79 Å². The van der Waals surface area contributed by atoms with Crippen LogP contribution in [-0.4, -0.2) is 29.6 Å². The van der Waals surface area contributed by atoms with Crippen LogP contribution in [-0.2, 0) is 9.59 Å². The summed E-state index contributed by atoms with van der Waals surface area (Å²) in [5, 5.41) is 11.5. The monoisotopic (exact) mass is 277 g/mol. The molecule has 0 spiro atoms. The third-order valence-corrected chi connectivity index (χ3v) is 3.52. The smallest absolute Gasteiger partial charge is 0.326 e. The third-order valence-electron chi connectivity index (χ3n) is 3.52. The van der Waals surface area contributed by atoms with Crippen LogP contribution in [0.2, 0.25) is 0 Å². The largest absolute Gasteiger partial charge is 0.484 e. The van der Waals surface area contributed by atoms with Crippen LogP contribution in [0.3, 0.4) is 0 Å². The summed E-state index contributed by atoms with van der Waals surface area (Å²) in [5.41, 5.74) is 2.24. The van der Waals surface area contributed by atoms with Crippen molar-refractivity contribution in [3.63, 3.8) is 0 Å². The molecule has 0 radical (unpaired) electrons. The Labute approximate surface area is 117 Å². The van der Waals surface area contributed by atoms with Crippen molar-refractivity contribution in [1.82, 2.24) is 5.32 Å². The van der Waals surface area contributed by atoms with Gasteiger partial charge in [0.2, 0.25) is 0 Å². The maximum Gasteiger partial charge on any atom is 0.326 e. The topological polar surface area (TPSA) is 75.6 Å². The molecule has 0 aromatic heterocycles. The Morgan fingerprint density at radius 1 is 1.35 bits per heavy atom. The number of ether oxygens (including phenoxy) is 1. The zero-order valence-corrected chi connectivity index (χ0v) is 11.7. The predicted octanol–water partition coefficient (Wildman–Crippen LogP) is 1.66. The van der Waals surface area contributed by atoms with Crippen molar-refractivity contribution in [2.75, 3.05) is 6.61 Å². The Bertz CT molecular complexity index is 523. The predicted molar refractivity (Wildman–Crippen MR) is 73.7 cm³/mol. The molecule has 0 aliphatic heterocycles. The number of amides is 1. The lowest BCUT2D eigenvalue weighted by Crippen LogP contribution is -2.44. The molecule has 5 heteroatoms. The van der Waals surface area contributed by atoms with Gasteiger partial charge in [-0.2, -0.15) is 0 Å². The average Bonchev–Trinajstić information content (AvgIpc) is 3.21. The highest BCUT2D eigenvalue weighted by Gasteiger charge is 2.37. The van der Waals surface area contributed by atoms with Gasteiger partial charge in [0.1, 0.15) is 11.8 Å². The second-order valence-electron chi connectivity index (χ2n) is 5.26. The Morgan fingerprint density at radius 2 is 2.05 bits per heavy atom. The number of benzene rings is 1. The van der Waals surface area contributed by atoms with E-state index in [1.807, 2.05) is 26.0 Å². The van der Waals surface area contributed by atoms with E-state index in [1.54, 1.807) is 6.07 Å². The number of rotatable bonds is 6. The molecule has 1 aliphatic carbocycles. The second-order valence-corrected chi connectivity index (χ2v) is 5.26. The van der Waals surface area contributed by atoms with Gasteiger partial charge in [-0.1, -0.05) is 6.07 Å². The molecule has 1 unspecified atom stereocenters. The van der Waals surface area contributed by atoms with Gasteiger partial charge < -0.3 is 15.2 Å². The molecular formula is C15H19NO4. The average molecular weight is 277 g/mol. The number of nitrogens with one attached hydrogen (secondary N) is 1. The van der Waals surface area contributed by atoms with Crippen LogP contribution >= 0.6 is 0 Å². The Hall–Kier alpha value is -2.04. The lowest BCUT2D eigenvalue weighted by molar-refractivity contribution is -0.142. The van der Waals surface area contributed by atoms with E-state index < -0.39 is 17.9 Å². The van der Waals surface area contributed by atoms with Crippen molar-refractivity contribution < 1.29 is 19.4 Å². The molecule has 1 atom stereocenters. The van der Waals surface area contributed by atoms with Gasteiger partial charge in [0, 0.05) is 0 Å². The minimum Gasteiger partial charge on any atom is -0.484 e. The molecular weight excluding hydrogens is 258 g/mol. The van der Waals surface area contributed by atoms with Crippen molar-refractivity contribution in [2.45, 2.75) is 32.7 Å². The first-order valence-electron chi connectivity index (χ1n) is 6.69. The first-order valence-corrected chi connectivity index (χ1v) is 6.69. The molecule has 1 aromatic carbocycles. The quantitative estimate of drug-likeness (QED) is 0.829. The molecule has 1 aliphatic rings. The maximum absolute atomic E-state index is 11.7. The van der Waals surface area contributed by atoms with Gasteiger partial charge in [-0.3, -0.25) is 4.79 Å². The maximum atomic E-state index is 11.7. The van der Waals surface area contributed by atoms with Crippen LogP contribution in [0.1, 0.15) is 24.0 Å². The van der Waals surface area contributed by atoms with E-state index in [1.165, 1.54) is 0 Å². The summed E-state index contributed by atoms with van der Waals surface area (Å²) in [4.78, 5) is 22.7. The number of aryl methyl sites for hydroxylation is 2. The lowest BCUT2D eigenvalue weighted by Gasteiger charge is -2.14. The number of carbonyl (C=O) groups is 2. The molecule has 0 heterocycles. The van der Waals surface area contributed by atoms with Crippen molar-refractivity contribution in [3.05, 3.63) is 29.3 Å². The van der Waals surface area contributed by atoms with E-state index in [4.69, 9.17) is 9.84 Å². The van der Waals surface area contributed by atoms with Gasteiger partial charge in [-0.15, -0.1) is 0 Å². The molecule has 1 amide bonds. The van der Waals surface area contributed by atoms with E-state index in [-0.39, 0.29) is 12.5 Å². The normalized spacial score (nSPS) is 15.5. The van der Waals surface area contributed by atoms with Crippen molar-refractivity contribution in [2.24, 2.45) is 5.92 Å². The van der Waals surface area contributed by atoms with Gasteiger partial charge in [-0.05, 0) is 55.9 Å². The van der Waals surface area contributed by atoms with Gasteiger partial charge in [0.05, 0.1) is 0 Å². The van der Waals surface area contributed by atoms with Crippen molar-refractivity contribution >= 4 is 11.9 Å². The fraction of sp³-hybridized carbons (Fsp3) is 0.467. The Kier molecular flexibility index (Phi) is 4.27. The minimum atomic E-state index is -0.980. The summed E-state index contributed by atoms with van der Waals surface area (Å²) in [5.74, 6) is -0.700. The number of hydrogen-bond acceptors (Lipinski definition) is 3. The van der Waals surface area contributed by atoms with E-state index in [0.717, 1.165) is 24.0 Å². The third kappa shape index (κ3) is 3.73. The summed E-state index contributed by atoms with van der Waals surface area (Å²) in [6, 6.07) is 4.79. The van der Waals surface area contributed by atoms with E-state index in [0.29, 0.717) is 5.75 Å². The summed E-state index contributed by atoms with van der Waals surface area (Å²) in [6.45, 7) is 3.80. The van der Waals surface area contributed by atoms with Gasteiger partial charge in [0.25, 0.3) is 5.91 Å². The summed E-state index contributed by atoms with van der Waals surface area (Å²) in [7, 11) is 0. The highest BCUT2D eigenvalue weighted by molar-refractivity contribution is 5.84. The molecule has 2 rings (SSSR count). The number of carboxylic acids is 1. The highest BCUT2D eigenvalue weighted by Crippen LogP contribution is 2.32. The van der Waals surface area contributed by atoms with E-state index >= 15 is 0 Å². The number of carbonyl (C=O) groups excluding carboxylic acids is 1. The van der Waals surface area contributed by atoms with E-state index in [9.17, 15) is 9.59 Å². The SMILES string of the molecule is Cc1ccc(OCC(=O)NC(C(=O)O)C2CC2)cc1C. The molecule has 1 fully saturated rings. The second kappa shape index (κ2) is 5.94. The highest BCUT2D eigenvalue weighted by atomic mass is 16.5. The fourth-order valence-corrected chi connectivity index (χ4v) is 1.98. The van der Waals surface area contributed by atoms with Crippen LogP contribution in [0.15, 0.2) is 18.2 Å². The molecule has 5 nitrogen and oxygen atoms in total. The number of hydrogen-bond donors (Lipinski definition) is 2. The van der Waals surface area contributed by atoms with Crippen LogP contribution in [0.5, 0.6) is 5.75 Å².